The van der Waals surface area contributed by atoms with Crippen LogP contribution in [0.15, 0.2) is 30.3 Å². The Hall–Kier alpha value is 4.02. The summed E-state index contributed by atoms with van der Waals surface area (Å²) in [6.07, 6.45) is 1.97. The van der Waals surface area contributed by atoms with Crippen molar-refractivity contribution in [3.8, 4) is 0 Å². The lowest BCUT2D eigenvalue weighted by Gasteiger charge is -2.63. The number of halogens is 10. The van der Waals surface area contributed by atoms with E-state index in [4.69, 9.17) is 0 Å². The molecular weight excluding hydrogens is 1020 g/mol. The van der Waals surface area contributed by atoms with E-state index in [9.17, 15) is 0 Å². The van der Waals surface area contributed by atoms with Gasteiger partial charge >= 0.3 is 0 Å². The molecular formula is C18H18Br10. The molecule has 0 aliphatic heterocycles. The molecule has 0 nitrogen and oxygen atoms in total. The average molecular weight is 1030 g/mol. The summed E-state index contributed by atoms with van der Waals surface area (Å²) in [6, 6.07) is 10.7. The molecule has 0 amide bonds. The van der Waals surface area contributed by atoms with Gasteiger partial charge in [-0.3, -0.25) is 0 Å². The second kappa shape index (κ2) is 9.94. The summed E-state index contributed by atoms with van der Waals surface area (Å²) >= 11 is 39.5. The van der Waals surface area contributed by atoms with Crippen molar-refractivity contribution in [2.24, 2.45) is 11.8 Å². The van der Waals surface area contributed by atoms with Gasteiger partial charge in [0.25, 0.3) is 0 Å². The van der Waals surface area contributed by atoms with Crippen LogP contribution in [0.5, 0.6) is 0 Å². The third kappa shape index (κ3) is 4.74. The van der Waals surface area contributed by atoms with Crippen LogP contribution < -0.4 is 0 Å². The van der Waals surface area contributed by atoms with Crippen LogP contribution in [0.4, 0.5) is 0 Å². The average Bonchev–Trinajstić information content (AvgIpc) is 2.60. The van der Waals surface area contributed by atoms with Crippen molar-refractivity contribution in [1.82, 2.24) is 0 Å². The third-order valence-electron chi connectivity index (χ3n) is 5.44. The Kier molecular flexibility index (Phi) is 10.0. The summed E-state index contributed by atoms with van der Waals surface area (Å²) < 4.78 is -2.69. The molecule has 4 unspecified atom stereocenters. The lowest BCUT2D eigenvalue weighted by molar-refractivity contribution is 0.289. The summed E-state index contributed by atoms with van der Waals surface area (Å²) in [6.45, 7) is 4.65. The van der Waals surface area contributed by atoms with Crippen molar-refractivity contribution in [3.63, 3.8) is 0 Å². The van der Waals surface area contributed by atoms with Gasteiger partial charge in [-0.05, 0) is 30.2 Å². The smallest absolute Gasteiger partial charge is 0.0849 e. The Morgan fingerprint density at radius 2 is 1.25 bits per heavy atom. The van der Waals surface area contributed by atoms with Gasteiger partial charge in [0.05, 0.1) is 9.15 Å². The van der Waals surface area contributed by atoms with Crippen LogP contribution in [0.2, 0.25) is 0 Å². The second-order valence-corrected chi connectivity index (χ2v) is 23.6. The maximum Gasteiger partial charge on any atom is 0.134 e. The lowest BCUT2D eigenvalue weighted by Crippen LogP contribution is -2.74. The highest BCUT2D eigenvalue weighted by Gasteiger charge is 2.79. The minimum Gasteiger partial charge on any atom is -0.0849 e. The first-order valence-corrected chi connectivity index (χ1v) is 16.5. The Morgan fingerprint density at radius 3 is 1.75 bits per heavy atom. The van der Waals surface area contributed by atoms with Crippen molar-refractivity contribution >= 4 is 159 Å². The van der Waals surface area contributed by atoms with E-state index in [-0.39, 0.29) is 9.15 Å². The monoisotopic (exact) mass is 1020 g/mol. The first kappa shape index (κ1) is 28.3. The van der Waals surface area contributed by atoms with Crippen molar-refractivity contribution < 1.29 is 0 Å². The number of hydrogen-bond acceptors (Lipinski definition) is 0. The van der Waals surface area contributed by atoms with Crippen molar-refractivity contribution in [2.75, 3.05) is 0 Å². The normalized spacial score (nSPS) is 32.5. The van der Waals surface area contributed by atoms with Gasteiger partial charge in [0, 0.05) is 0 Å². The Bertz CT molecular complexity index is 687. The second-order valence-electron chi connectivity index (χ2n) is 7.42. The van der Waals surface area contributed by atoms with Crippen molar-refractivity contribution in [3.05, 3.63) is 35.9 Å². The van der Waals surface area contributed by atoms with Crippen LogP contribution in [0.25, 0.3) is 0 Å². The fourth-order valence-electron chi connectivity index (χ4n) is 3.36. The summed E-state index contributed by atoms with van der Waals surface area (Å²) in [5, 5.41) is 0. The number of alkyl halides is 10. The maximum atomic E-state index is 4.14. The highest BCUT2D eigenvalue weighted by molar-refractivity contribution is 9.35. The van der Waals surface area contributed by atoms with E-state index in [1.165, 1.54) is 5.56 Å². The molecule has 0 radical (unpaired) electrons. The Balaban J connectivity index is 2.36. The molecule has 2 rings (SSSR count). The largest absolute Gasteiger partial charge is 0.134 e. The first-order valence-electron chi connectivity index (χ1n) is 8.42. The molecule has 1 fully saturated rings. The molecule has 0 saturated heterocycles. The zero-order chi connectivity index (χ0) is 21.8. The molecule has 1 aliphatic rings. The molecule has 0 spiro atoms. The van der Waals surface area contributed by atoms with E-state index in [1.807, 2.05) is 0 Å². The lowest BCUT2D eigenvalue weighted by atomic mass is 9.77. The van der Waals surface area contributed by atoms with Gasteiger partial charge in [-0.15, -0.1) is 0 Å². The van der Waals surface area contributed by atoms with Gasteiger partial charge in [0.1, 0.15) is 12.9 Å². The van der Waals surface area contributed by atoms with E-state index >= 15 is 0 Å². The molecule has 1 saturated carbocycles. The predicted molar refractivity (Wildman–Crippen MR) is 160 cm³/mol. The highest BCUT2D eigenvalue weighted by atomic mass is 79.9. The molecule has 10 heteroatoms. The maximum absolute atomic E-state index is 4.14. The summed E-state index contributed by atoms with van der Waals surface area (Å²) in [7, 11) is 0. The summed E-state index contributed by atoms with van der Waals surface area (Å²) in [4.78, 5) is -0.0143. The Labute approximate surface area is 251 Å². The fourth-order valence-corrected chi connectivity index (χ4v) is 15.0. The van der Waals surface area contributed by atoms with Crippen LogP contribution in [-0.2, 0) is 6.42 Å². The van der Waals surface area contributed by atoms with E-state index in [0.29, 0.717) is 11.8 Å². The summed E-state index contributed by atoms with van der Waals surface area (Å²) in [5.41, 5.74) is 1.37. The molecule has 4 atom stereocenters. The zero-order valence-corrected chi connectivity index (χ0v) is 30.7. The van der Waals surface area contributed by atoms with Gasteiger partial charge in [0.15, 0.2) is 0 Å². The minimum atomic E-state index is -0.622. The van der Waals surface area contributed by atoms with Crippen LogP contribution in [0, 0.1) is 11.8 Å². The molecule has 1 aliphatic carbocycles. The highest BCUT2D eigenvalue weighted by Crippen LogP contribution is 2.78. The fraction of sp³-hybridized carbons (Fsp3) is 0.667. The number of hydrogen-bond donors (Lipinski definition) is 0. The van der Waals surface area contributed by atoms with Crippen LogP contribution >= 0.6 is 159 Å². The molecule has 0 bridgehead atoms. The molecule has 0 heterocycles. The molecule has 0 N–H and O–H groups in total. The van der Waals surface area contributed by atoms with Gasteiger partial charge in [0.2, 0.25) is 0 Å². The molecule has 0 aromatic heterocycles. The van der Waals surface area contributed by atoms with Crippen LogP contribution in [-0.4, -0.2) is 22.1 Å². The predicted octanol–water partition coefficient (Wildman–Crippen LogP) is 10.7. The summed E-state index contributed by atoms with van der Waals surface area (Å²) in [5.74, 6) is 0.978. The van der Waals surface area contributed by atoms with Gasteiger partial charge in [-0.25, -0.2) is 0 Å². The van der Waals surface area contributed by atoms with Crippen molar-refractivity contribution in [1.29, 1.82) is 0 Å². The Morgan fingerprint density at radius 1 is 0.750 bits per heavy atom. The topological polar surface area (TPSA) is 0 Å². The van der Waals surface area contributed by atoms with Gasteiger partial charge < -0.3 is 0 Å². The first-order chi connectivity index (χ1) is 12.5. The van der Waals surface area contributed by atoms with E-state index in [1.54, 1.807) is 0 Å². The van der Waals surface area contributed by atoms with E-state index in [0.717, 1.165) is 12.8 Å². The third-order valence-corrected chi connectivity index (χ3v) is 27.1. The molecule has 1 aromatic carbocycles. The van der Waals surface area contributed by atoms with Crippen LogP contribution in [0.1, 0.15) is 25.8 Å². The quantitative estimate of drug-likeness (QED) is 0.258. The van der Waals surface area contributed by atoms with Crippen molar-refractivity contribution in [2.45, 2.75) is 48.8 Å². The minimum absolute atomic E-state index is 0.0143. The standard InChI is InChI=1S/C18H18Br10/c1-10(8-12-6-4-3-5-7-12)11(2)9-14(20)13(19)15(21,22)17(25,26)18(27,28)16(14,23)24/h3-7,10-11,13H,8-9H2,1-2H3. The van der Waals surface area contributed by atoms with Gasteiger partial charge in [-0.2, -0.15) is 0 Å². The van der Waals surface area contributed by atoms with E-state index < -0.39 is 12.9 Å². The van der Waals surface area contributed by atoms with Crippen LogP contribution in [0.3, 0.4) is 0 Å². The molecule has 1 aromatic rings. The van der Waals surface area contributed by atoms with Gasteiger partial charge in [-0.1, -0.05) is 203 Å². The zero-order valence-electron chi connectivity index (χ0n) is 14.8. The molecule has 28 heavy (non-hydrogen) atoms. The SMILES string of the molecule is CC(Cc1ccccc1)C(C)CC1(Br)C(Br)C(Br)(Br)C(Br)(Br)C(Br)(Br)C1(Br)Br. The van der Waals surface area contributed by atoms with E-state index in [2.05, 4.69) is 203 Å². The number of benzene rings is 1. The number of rotatable bonds is 5. The molecule has 160 valence electrons.